The number of nitrogens with zero attached hydrogens (tertiary/aromatic N) is 2. The molecule has 232 valence electrons. The average molecular weight is 627 g/mol. The van der Waals surface area contributed by atoms with E-state index < -0.39 is 5.41 Å². The Kier molecular flexibility index (Phi) is 5.87. The van der Waals surface area contributed by atoms with Crippen molar-refractivity contribution >= 4 is 11.0 Å². The van der Waals surface area contributed by atoms with Gasteiger partial charge in [-0.2, -0.15) is 0 Å². The Bertz CT molecular complexity index is 2570. The Labute approximate surface area is 287 Å². The van der Waals surface area contributed by atoms with Crippen molar-refractivity contribution in [3.63, 3.8) is 0 Å². The van der Waals surface area contributed by atoms with Gasteiger partial charge in [0.05, 0.1) is 16.4 Å². The van der Waals surface area contributed by atoms with Gasteiger partial charge in [0.1, 0.15) is 5.82 Å². The molecule has 0 N–H and O–H groups in total. The van der Waals surface area contributed by atoms with E-state index in [4.69, 9.17) is 4.98 Å². The van der Waals surface area contributed by atoms with Crippen LogP contribution in [0.4, 0.5) is 0 Å². The normalized spacial score (nSPS) is 16.6. The molecule has 1 heterocycles. The standard InChI is InChI=1S/C47H34N2/c1-46(2)39-21-11-9-20-36(39)38-30-33(26-28-40(38)46)47(32-15-5-3-6-16-32)41-22-12-10-19-35(41)37-27-25-31(29-42(37)47)45-48-43-23-13-14-24-44(43)49(45)34-17-7-4-8-18-34/h3-30H,1-2H3. The smallest absolute Gasteiger partial charge is 0.145 e. The lowest BCUT2D eigenvalue weighted by Gasteiger charge is -2.34. The summed E-state index contributed by atoms with van der Waals surface area (Å²) < 4.78 is 2.30. The molecule has 0 saturated heterocycles. The third-order valence-electron chi connectivity index (χ3n) is 11.1. The van der Waals surface area contributed by atoms with Crippen LogP contribution in [-0.2, 0) is 10.8 Å². The highest BCUT2D eigenvalue weighted by molar-refractivity contribution is 5.91. The molecule has 1 atom stereocenters. The SMILES string of the molecule is CC1(C)c2ccccc2-c2cc(C3(c4ccccc4)c4ccccc4-c4ccc(-c5nc6ccccc6n5-c5ccccc5)cc43)ccc21. The Balaban J connectivity index is 1.29. The highest BCUT2D eigenvalue weighted by Crippen LogP contribution is 2.58. The molecule has 8 aromatic rings. The maximum absolute atomic E-state index is 5.28. The minimum Gasteiger partial charge on any atom is -0.292 e. The largest absolute Gasteiger partial charge is 0.292 e. The van der Waals surface area contributed by atoms with Gasteiger partial charge in [-0.3, -0.25) is 4.57 Å². The lowest BCUT2D eigenvalue weighted by Crippen LogP contribution is -2.29. The van der Waals surface area contributed by atoms with Gasteiger partial charge < -0.3 is 0 Å². The van der Waals surface area contributed by atoms with Gasteiger partial charge in [0.25, 0.3) is 0 Å². The first-order chi connectivity index (χ1) is 24.1. The van der Waals surface area contributed by atoms with E-state index >= 15 is 0 Å². The molecule has 2 heteroatoms. The van der Waals surface area contributed by atoms with Crippen LogP contribution in [0.15, 0.2) is 170 Å². The van der Waals surface area contributed by atoms with Crippen LogP contribution in [0.1, 0.15) is 47.2 Å². The molecule has 1 aromatic heterocycles. The highest BCUT2D eigenvalue weighted by Gasteiger charge is 2.47. The number of fused-ring (bicyclic) bond motifs is 7. The Morgan fingerprint density at radius 2 is 1.06 bits per heavy atom. The summed E-state index contributed by atoms with van der Waals surface area (Å²) >= 11 is 0. The molecule has 0 bridgehead atoms. The van der Waals surface area contributed by atoms with Crippen LogP contribution >= 0.6 is 0 Å². The van der Waals surface area contributed by atoms with Crippen molar-refractivity contribution in [2.75, 3.05) is 0 Å². The fourth-order valence-corrected chi connectivity index (χ4v) is 8.91. The van der Waals surface area contributed by atoms with Crippen LogP contribution < -0.4 is 0 Å². The zero-order valence-corrected chi connectivity index (χ0v) is 27.6. The van der Waals surface area contributed by atoms with Crippen molar-refractivity contribution in [2.45, 2.75) is 24.7 Å². The van der Waals surface area contributed by atoms with Crippen molar-refractivity contribution in [1.29, 1.82) is 0 Å². The predicted molar refractivity (Wildman–Crippen MR) is 201 cm³/mol. The molecule has 0 fully saturated rings. The van der Waals surface area contributed by atoms with Crippen molar-refractivity contribution in [3.05, 3.63) is 203 Å². The summed E-state index contributed by atoms with van der Waals surface area (Å²) in [6.45, 7) is 4.71. The second-order valence-corrected chi connectivity index (χ2v) is 13.9. The number of benzene rings is 7. The van der Waals surface area contributed by atoms with Gasteiger partial charge >= 0.3 is 0 Å². The van der Waals surface area contributed by atoms with Gasteiger partial charge in [0.15, 0.2) is 0 Å². The van der Waals surface area contributed by atoms with E-state index in [1.807, 2.05) is 0 Å². The minimum atomic E-state index is -0.524. The molecule has 2 aliphatic carbocycles. The van der Waals surface area contributed by atoms with Gasteiger partial charge in [0, 0.05) is 16.7 Å². The summed E-state index contributed by atoms with van der Waals surface area (Å²) in [7, 11) is 0. The zero-order valence-electron chi connectivity index (χ0n) is 27.6. The van der Waals surface area contributed by atoms with Crippen LogP contribution in [0.25, 0.3) is 50.4 Å². The Morgan fingerprint density at radius 3 is 1.86 bits per heavy atom. The van der Waals surface area contributed by atoms with Gasteiger partial charge in [-0.15, -0.1) is 0 Å². The number of hydrogen-bond donors (Lipinski definition) is 0. The molecule has 2 nitrogen and oxygen atoms in total. The van der Waals surface area contributed by atoms with Gasteiger partial charge in [-0.05, 0) is 92.0 Å². The lowest BCUT2D eigenvalue weighted by molar-refractivity contribution is 0.659. The molecule has 1 unspecified atom stereocenters. The number of hydrogen-bond acceptors (Lipinski definition) is 1. The maximum Gasteiger partial charge on any atom is 0.145 e. The molecule has 0 amide bonds. The summed E-state index contributed by atoms with van der Waals surface area (Å²) in [6.07, 6.45) is 0. The Morgan fingerprint density at radius 1 is 0.449 bits per heavy atom. The second-order valence-electron chi connectivity index (χ2n) is 13.9. The average Bonchev–Trinajstić information content (AvgIpc) is 3.77. The third-order valence-corrected chi connectivity index (χ3v) is 11.1. The van der Waals surface area contributed by atoms with Crippen LogP contribution in [-0.4, -0.2) is 9.55 Å². The molecular weight excluding hydrogens is 593 g/mol. The third kappa shape index (κ3) is 3.80. The summed E-state index contributed by atoms with van der Waals surface area (Å²) in [5, 5.41) is 0. The first-order valence-electron chi connectivity index (χ1n) is 17.1. The van der Waals surface area contributed by atoms with Crippen LogP contribution in [0.2, 0.25) is 0 Å². The molecule has 0 spiro atoms. The van der Waals surface area contributed by atoms with E-state index in [2.05, 4.69) is 188 Å². The molecule has 49 heavy (non-hydrogen) atoms. The fraction of sp³-hybridized carbons (Fsp3) is 0.0851. The van der Waals surface area contributed by atoms with E-state index in [1.54, 1.807) is 0 Å². The monoisotopic (exact) mass is 626 g/mol. The van der Waals surface area contributed by atoms with Crippen LogP contribution in [0.3, 0.4) is 0 Å². The van der Waals surface area contributed by atoms with Crippen LogP contribution in [0, 0.1) is 0 Å². The molecule has 0 saturated carbocycles. The molecule has 0 aliphatic heterocycles. The van der Waals surface area contributed by atoms with Gasteiger partial charge in [0.2, 0.25) is 0 Å². The first-order valence-corrected chi connectivity index (χ1v) is 17.1. The topological polar surface area (TPSA) is 17.8 Å². The zero-order chi connectivity index (χ0) is 32.7. The summed E-state index contributed by atoms with van der Waals surface area (Å²) in [6, 6.07) is 62.4. The number of para-hydroxylation sites is 3. The Hall–Kier alpha value is -5.99. The van der Waals surface area contributed by atoms with Crippen molar-refractivity contribution < 1.29 is 0 Å². The van der Waals surface area contributed by atoms with E-state index in [9.17, 15) is 0 Å². The summed E-state index contributed by atoms with van der Waals surface area (Å²) in [5.74, 6) is 0.942. The molecule has 7 aromatic carbocycles. The summed E-state index contributed by atoms with van der Waals surface area (Å²) in [5.41, 5.74) is 16.9. The molecule has 10 rings (SSSR count). The van der Waals surface area contributed by atoms with E-state index in [-0.39, 0.29) is 5.41 Å². The molecular formula is C47H34N2. The number of rotatable bonds is 4. The fourth-order valence-electron chi connectivity index (χ4n) is 8.91. The highest BCUT2D eigenvalue weighted by atomic mass is 15.1. The molecule has 0 radical (unpaired) electrons. The number of aromatic nitrogens is 2. The van der Waals surface area contributed by atoms with Crippen molar-refractivity contribution in [1.82, 2.24) is 9.55 Å². The number of imidazole rings is 1. The van der Waals surface area contributed by atoms with Gasteiger partial charge in [-0.1, -0.05) is 147 Å². The van der Waals surface area contributed by atoms with E-state index in [0.29, 0.717) is 0 Å². The maximum atomic E-state index is 5.28. The van der Waals surface area contributed by atoms with Crippen LogP contribution in [0.5, 0.6) is 0 Å². The predicted octanol–water partition coefficient (Wildman–Crippen LogP) is 11.4. The second kappa shape index (κ2) is 10.3. The first kappa shape index (κ1) is 28.1. The summed E-state index contributed by atoms with van der Waals surface area (Å²) in [4.78, 5) is 5.28. The lowest BCUT2D eigenvalue weighted by atomic mass is 9.67. The molecule has 2 aliphatic rings. The van der Waals surface area contributed by atoms with E-state index in [1.165, 1.54) is 55.6 Å². The quantitative estimate of drug-likeness (QED) is 0.190. The minimum absolute atomic E-state index is 0.0560. The van der Waals surface area contributed by atoms with Gasteiger partial charge in [-0.25, -0.2) is 4.98 Å². The van der Waals surface area contributed by atoms with E-state index in [0.717, 1.165) is 28.1 Å². The van der Waals surface area contributed by atoms with Crippen molar-refractivity contribution in [3.8, 4) is 39.3 Å². The van der Waals surface area contributed by atoms with Crippen molar-refractivity contribution in [2.24, 2.45) is 0 Å².